The highest BCUT2D eigenvalue weighted by atomic mass is 19.1. The van der Waals surface area contributed by atoms with Crippen LogP contribution in [0.3, 0.4) is 0 Å². The van der Waals surface area contributed by atoms with E-state index >= 15 is 0 Å². The summed E-state index contributed by atoms with van der Waals surface area (Å²) < 4.78 is 32.8. The number of oxime groups is 1. The van der Waals surface area contributed by atoms with E-state index < -0.39 is 17.6 Å². The summed E-state index contributed by atoms with van der Waals surface area (Å²) in [4.78, 5) is 16.1. The average Bonchev–Trinajstić information content (AvgIpc) is 2.70. The maximum Gasteiger partial charge on any atom is 0.307 e. The highest BCUT2D eigenvalue weighted by Gasteiger charge is 2.10. The van der Waals surface area contributed by atoms with Crippen LogP contribution in [0.25, 0.3) is 0 Å². The van der Waals surface area contributed by atoms with E-state index in [1.54, 1.807) is 36.4 Å². The number of benzene rings is 3. The van der Waals surface area contributed by atoms with E-state index in [4.69, 9.17) is 14.7 Å². The third kappa shape index (κ3) is 6.13. The molecule has 0 unspecified atom stereocenters. The minimum absolute atomic E-state index is 0.0806. The lowest BCUT2D eigenvalue weighted by Gasteiger charge is -2.09. The molecule has 0 aliphatic carbocycles. The van der Waals surface area contributed by atoms with Crippen LogP contribution in [-0.2, 0) is 16.1 Å². The number of carbonyl (C=O) groups is 1. The number of hydrogen-bond acceptors (Lipinski definition) is 4. The van der Waals surface area contributed by atoms with Crippen molar-refractivity contribution in [3.63, 3.8) is 0 Å². The molecule has 0 radical (unpaired) electrons. The predicted octanol–water partition coefficient (Wildman–Crippen LogP) is 4.44. The molecule has 0 saturated heterocycles. The second-order valence-corrected chi connectivity index (χ2v) is 6.36. The molecule has 0 aliphatic rings. The van der Waals surface area contributed by atoms with E-state index in [2.05, 4.69) is 5.16 Å². The Morgan fingerprint density at radius 2 is 1.50 bits per heavy atom. The molecular weight excluding hydrogens is 392 g/mol. The van der Waals surface area contributed by atoms with E-state index in [0.29, 0.717) is 22.4 Å². The number of carboxylic acid groups (broad SMARTS) is 1. The molecule has 0 aromatic heterocycles. The Bertz CT molecular complexity index is 1010. The zero-order valence-corrected chi connectivity index (χ0v) is 15.9. The predicted molar refractivity (Wildman–Crippen MR) is 108 cm³/mol. The Kier molecular flexibility index (Phi) is 7.10. The van der Waals surface area contributed by atoms with Gasteiger partial charge in [-0.3, -0.25) is 4.79 Å². The first-order valence-corrected chi connectivity index (χ1v) is 9.16. The summed E-state index contributed by atoms with van der Waals surface area (Å²) in [5.74, 6) is -1.30. The van der Waals surface area contributed by atoms with Gasteiger partial charge in [0.25, 0.3) is 0 Å². The van der Waals surface area contributed by atoms with Gasteiger partial charge < -0.3 is 14.7 Å². The average molecular weight is 411 g/mol. The molecule has 3 aromatic carbocycles. The number of carboxylic acids is 1. The van der Waals surface area contributed by atoms with Gasteiger partial charge in [-0.05, 0) is 42.0 Å². The Hall–Kier alpha value is -3.74. The smallest absolute Gasteiger partial charge is 0.307 e. The molecule has 0 aliphatic heterocycles. The topological polar surface area (TPSA) is 68.1 Å². The number of hydrogen-bond donors (Lipinski definition) is 1. The molecule has 0 amide bonds. The summed E-state index contributed by atoms with van der Waals surface area (Å²) in [5, 5.41) is 12.9. The van der Waals surface area contributed by atoms with Gasteiger partial charge in [-0.1, -0.05) is 41.6 Å². The van der Waals surface area contributed by atoms with E-state index in [0.717, 1.165) is 0 Å². The molecule has 0 saturated carbocycles. The van der Waals surface area contributed by atoms with E-state index in [1.807, 2.05) is 0 Å². The quantitative estimate of drug-likeness (QED) is 0.321. The SMILES string of the molecule is O=C(O)Cc1cccc(OCCON=C(c2cccc(F)c2)c2cccc(F)c2)c1. The van der Waals surface area contributed by atoms with E-state index in [9.17, 15) is 13.6 Å². The minimum atomic E-state index is -0.924. The molecule has 30 heavy (non-hydrogen) atoms. The number of aliphatic carboxylic acids is 1. The van der Waals surface area contributed by atoms with Crippen molar-refractivity contribution in [1.82, 2.24) is 0 Å². The molecule has 3 aromatic rings. The monoisotopic (exact) mass is 411 g/mol. The maximum atomic E-state index is 13.6. The van der Waals surface area contributed by atoms with Gasteiger partial charge in [-0.15, -0.1) is 0 Å². The fourth-order valence-corrected chi connectivity index (χ4v) is 2.77. The lowest BCUT2D eigenvalue weighted by Crippen LogP contribution is -2.09. The molecule has 1 N–H and O–H groups in total. The Morgan fingerprint density at radius 3 is 2.10 bits per heavy atom. The van der Waals surface area contributed by atoms with Gasteiger partial charge in [0.05, 0.1) is 6.42 Å². The van der Waals surface area contributed by atoms with Gasteiger partial charge in [-0.2, -0.15) is 0 Å². The van der Waals surface area contributed by atoms with Crippen LogP contribution in [0.2, 0.25) is 0 Å². The molecule has 0 atom stereocenters. The van der Waals surface area contributed by atoms with Crippen LogP contribution >= 0.6 is 0 Å². The van der Waals surface area contributed by atoms with Crippen molar-refractivity contribution in [2.24, 2.45) is 5.16 Å². The molecule has 154 valence electrons. The van der Waals surface area contributed by atoms with Crippen molar-refractivity contribution in [3.8, 4) is 5.75 Å². The van der Waals surface area contributed by atoms with Crippen molar-refractivity contribution >= 4 is 11.7 Å². The molecule has 0 spiro atoms. The van der Waals surface area contributed by atoms with E-state index in [-0.39, 0.29) is 25.3 Å². The van der Waals surface area contributed by atoms with Crippen molar-refractivity contribution in [2.45, 2.75) is 6.42 Å². The standard InChI is InChI=1S/C23H19F2NO4/c24-19-7-2-5-17(14-19)23(18-6-3-8-20(25)15-18)26-30-11-10-29-21-9-1-4-16(12-21)13-22(27)28/h1-9,12,14-15H,10-11,13H2,(H,27,28). The number of nitrogens with zero attached hydrogens (tertiary/aromatic N) is 1. The van der Waals surface area contributed by atoms with Crippen LogP contribution in [0.15, 0.2) is 78.0 Å². The van der Waals surface area contributed by atoms with Crippen molar-refractivity contribution < 1.29 is 28.3 Å². The van der Waals surface area contributed by atoms with Crippen molar-refractivity contribution in [3.05, 3.63) is 101 Å². The zero-order chi connectivity index (χ0) is 21.3. The third-order valence-electron chi connectivity index (χ3n) is 4.05. The Labute approximate surface area is 172 Å². The van der Waals surface area contributed by atoms with Crippen LogP contribution < -0.4 is 4.74 Å². The fraction of sp³-hybridized carbons (Fsp3) is 0.130. The van der Waals surface area contributed by atoms with Gasteiger partial charge in [0.15, 0.2) is 6.61 Å². The minimum Gasteiger partial charge on any atom is -0.490 e. The van der Waals surface area contributed by atoms with Crippen LogP contribution in [-0.4, -0.2) is 30.0 Å². The zero-order valence-electron chi connectivity index (χ0n) is 15.9. The largest absolute Gasteiger partial charge is 0.490 e. The second-order valence-electron chi connectivity index (χ2n) is 6.36. The Balaban J connectivity index is 1.66. The molecule has 7 heteroatoms. The van der Waals surface area contributed by atoms with Crippen molar-refractivity contribution in [1.29, 1.82) is 0 Å². The molecular formula is C23H19F2NO4. The molecule has 5 nitrogen and oxygen atoms in total. The number of ether oxygens (including phenoxy) is 1. The van der Waals surface area contributed by atoms with E-state index in [1.165, 1.54) is 36.4 Å². The van der Waals surface area contributed by atoms with Crippen LogP contribution in [0, 0.1) is 11.6 Å². The highest BCUT2D eigenvalue weighted by Crippen LogP contribution is 2.15. The third-order valence-corrected chi connectivity index (χ3v) is 4.05. The van der Waals surface area contributed by atoms with Crippen LogP contribution in [0.4, 0.5) is 8.78 Å². The summed E-state index contributed by atoms with van der Waals surface area (Å²) in [6, 6.07) is 18.3. The lowest BCUT2D eigenvalue weighted by atomic mass is 10.0. The molecule has 0 bridgehead atoms. The van der Waals surface area contributed by atoms with Crippen LogP contribution in [0.1, 0.15) is 16.7 Å². The first-order chi connectivity index (χ1) is 14.5. The summed E-state index contributed by atoms with van der Waals surface area (Å²) in [6.07, 6.45) is -0.0946. The molecule has 3 rings (SSSR count). The summed E-state index contributed by atoms with van der Waals surface area (Å²) in [6.45, 7) is 0.233. The number of rotatable bonds is 9. The van der Waals surface area contributed by atoms with Crippen molar-refractivity contribution in [2.75, 3.05) is 13.2 Å². The number of halogens is 2. The maximum absolute atomic E-state index is 13.6. The lowest BCUT2D eigenvalue weighted by molar-refractivity contribution is -0.136. The Morgan fingerprint density at radius 1 is 0.867 bits per heavy atom. The highest BCUT2D eigenvalue weighted by molar-refractivity contribution is 6.12. The van der Waals surface area contributed by atoms with Gasteiger partial charge >= 0.3 is 5.97 Å². The summed E-state index contributed by atoms with van der Waals surface area (Å²) >= 11 is 0. The fourth-order valence-electron chi connectivity index (χ4n) is 2.77. The summed E-state index contributed by atoms with van der Waals surface area (Å²) in [5.41, 5.74) is 1.81. The first kappa shape index (κ1) is 21.0. The summed E-state index contributed by atoms with van der Waals surface area (Å²) in [7, 11) is 0. The molecule has 0 fully saturated rings. The van der Waals surface area contributed by atoms with Gasteiger partial charge in [0.2, 0.25) is 0 Å². The van der Waals surface area contributed by atoms with Crippen LogP contribution in [0.5, 0.6) is 5.75 Å². The van der Waals surface area contributed by atoms with Gasteiger partial charge in [0.1, 0.15) is 29.7 Å². The van der Waals surface area contributed by atoms with Gasteiger partial charge in [-0.25, -0.2) is 8.78 Å². The second kappa shape index (κ2) is 10.2. The molecule has 0 heterocycles. The normalized spacial score (nSPS) is 10.3. The van der Waals surface area contributed by atoms with Gasteiger partial charge in [0, 0.05) is 11.1 Å². The first-order valence-electron chi connectivity index (χ1n) is 9.16.